The predicted octanol–water partition coefficient (Wildman–Crippen LogP) is 9.34. The standard InChI is InChI=1S/C37H48Cl2N2O3S/c1-25(26-11-9-8-10-12-26)41-20-19-37(42,23-31(41)24-44-45(6,7)36(2,3)4)34(27-13-15-29(38)16-14-27)32-22-28-21-30(39)17-18-33(28)40-35(32)43-5/h9,11-18,21-22,25,31,34,42H,8,10,19-20,23-24H2,1-7H3. The Hall–Kier alpha value is -2.06. The Morgan fingerprint density at radius 3 is 2.42 bits per heavy atom. The van der Waals surface area contributed by atoms with Crippen molar-refractivity contribution >= 4 is 44.4 Å². The van der Waals surface area contributed by atoms with Crippen LogP contribution in [0.3, 0.4) is 0 Å². The largest absolute Gasteiger partial charge is 0.481 e. The monoisotopic (exact) mass is 670 g/mol. The molecule has 1 saturated heterocycles. The summed E-state index contributed by atoms with van der Waals surface area (Å²) in [6.07, 6.45) is 14.6. The molecule has 1 aliphatic heterocycles. The first-order valence-electron chi connectivity index (χ1n) is 15.8. The highest BCUT2D eigenvalue weighted by Gasteiger charge is 2.48. The normalized spacial score (nSPS) is 23.1. The van der Waals surface area contributed by atoms with Crippen LogP contribution in [-0.2, 0) is 4.18 Å². The number of aromatic nitrogens is 1. The third-order valence-electron chi connectivity index (χ3n) is 9.91. The van der Waals surface area contributed by atoms with E-state index in [-0.39, 0.29) is 16.8 Å². The zero-order chi connectivity index (χ0) is 32.6. The average Bonchev–Trinajstić information content (AvgIpc) is 3.00. The van der Waals surface area contributed by atoms with Crippen molar-refractivity contribution in [3.63, 3.8) is 0 Å². The zero-order valence-corrected chi connectivity index (χ0v) is 30.0. The van der Waals surface area contributed by atoms with Crippen molar-refractivity contribution in [1.29, 1.82) is 0 Å². The first-order chi connectivity index (χ1) is 21.2. The van der Waals surface area contributed by atoms with Gasteiger partial charge in [0, 0.05) is 50.3 Å². The van der Waals surface area contributed by atoms with Gasteiger partial charge in [0.05, 0.1) is 24.8 Å². The maximum Gasteiger partial charge on any atom is 0.217 e. The number of methoxy groups -OCH3 is 1. The lowest BCUT2D eigenvalue weighted by molar-refractivity contribution is -0.0718. The van der Waals surface area contributed by atoms with Gasteiger partial charge >= 0.3 is 0 Å². The summed E-state index contributed by atoms with van der Waals surface area (Å²) in [7, 11) is 0.268. The molecular formula is C37H48Cl2N2O3S. The van der Waals surface area contributed by atoms with Gasteiger partial charge < -0.3 is 14.0 Å². The van der Waals surface area contributed by atoms with Crippen LogP contribution < -0.4 is 4.74 Å². The van der Waals surface area contributed by atoms with Crippen molar-refractivity contribution in [1.82, 2.24) is 9.88 Å². The van der Waals surface area contributed by atoms with Gasteiger partial charge in [-0.25, -0.2) is 4.98 Å². The number of ether oxygens (including phenoxy) is 1. The summed E-state index contributed by atoms with van der Waals surface area (Å²) in [6, 6.07) is 15.7. The summed E-state index contributed by atoms with van der Waals surface area (Å²) in [4.78, 5) is 7.42. The molecule has 1 N–H and O–H groups in total. The van der Waals surface area contributed by atoms with Crippen molar-refractivity contribution in [2.75, 3.05) is 32.8 Å². The third kappa shape index (κ3) is 7.42. The smallest absolute Gasteiger partial charge is 0.217 e. The molecule has 0 amide bonds. The van der Waals surface area contributed by atoms with Crippen molar-refractivity contribution in [2.45, 2.75) is 81.7 Å². The van der Waals surface area contributed by atoms with Crippen LogP contribution in [0.2, 0.25) is 10.0 Å². The van der Waals surface area contributed by atoms with Crippen molar-refractivity contribution in [2.24, 2.45) is 0 Å². The molecule has 3 aromatic rings. The molecule has 5 rings (SSSR count). The number of halogens is 2. The summed E-state index contributed by atoms with van der Waals surface area (Å²) in [6.45, 7) is 10.3. The summed E-state index contributed by atoms with van der Waals surface area (Å²) >= 11 is 12.8. The molecule has 2 aliphatic rings. The Morgan fingerprint density at radius 2 is 1.78 bits per heavy atom. The fourth-order valence-corrected chi connectivity index (χ4v) is 7.73. The molecule has 5 nitrogen and oxygen atoms in total. The summed E-state index contributed by atoms with van der Waals surface area (Å²) in [5, 5.41) is 15.2. The van der Waals surface area contributed by atoms with E-state index in [0.717, 1.165) is 41.4 Å². The van der Waals surface area contributed by atoms with Gasteiger partial charge in [-0.1, -0.05) is 74.3 Å². The van der Waals surface area contributed by atoms with Crippen LogP contribution >= 0.6 is 33.5 Å². The lowest BCUT2D eigenvalue weighted by Gasteiger charge is -2.51. The molecule has 4 atom stereocenters. The molecule has 0 saturated carbocycles. The number of hydrogen-bond donors (Lipinski definition) is 1. The number of likely N-dealkylation sites (tertiary alicyclic amines) is 1. The number of benzene rings is 2. The highest BCUT2D eigenvalue weighted by molar-refractivity contribution is 8.29. The number of hydrogen-bond acceptors (Lipinski definition) is 5. The molecule has 8 heteroatoms. The molecule has 2 aromatic carbocycles. The predicted molar refractivity (Wildman–Crippen MR) is 192 cm³/mol. The third-order valence-corrected chi connectivity index (χ3v) is 14.1. The molecule has 1 aromatic heterocycles. The van der Waals surface area contributed by atoms with Gasteiger partial charge in [0.2, 0.25) is 5.88 Å². The minimum absolute atomic E-state index is 0.00671. The Morgan fingerprint density at radius 1 is 1.07 bits per heavy atom. The van der Waals surface area contributed by atoms with Crippen LogP contribution in [0.1, 0.15) is 70.4 Å². The van der Waals surface area contributed by atoms with Gasteiger partial charge in [0.15, 0.2) is 0 Å². The van der Waals surface area contributed by atoms with Crippen LogP contribution in [0.15, 0.2) is 72.3 Å². The molecule has 4 unspecified atom stereocenters. The number of nitrogens with zero attached hydrogens (tertiary/aromatic N) is 2. The number of piperidine rings is 1. The number of pyridine rings is 1. The SMILES string of the molecule is COc1nc2ccc(Cl)cc2cc1C(c1ccc(Cl)cc1)C1(O)CCN(C(C)C2=CCCC=C2)C(COS(C)(C)C(C)(C)C)C1. The second-order valence-electron chi connectivity index (χ2n) is 13.8. The van der Waals surface area contributed by atoms with Crippen molar-refractivity contribution < 1.29 is 14.0 Å². The van der Waals surface area contributed by atoms with Gasteiger partial charge in [-0.2, -0.15) is 0 Å². The second-order valence-corrected chi connectivity index (χ2v) is 18.6. The lowest BCUT2D eigenvalue weighted by atomic mass is 9.70. The summed E-state index contributed by atoms with van der Waals surface area (Å²) < 4.78 is 12.8. The summed E-state index contributed by atoms with van der Waals surface area (Å²) in [5.74, 6) is 0.0786. The first kappa shape index (κ1) is 34.3. The van der Waals surface area contributed by atoms with Crippen molar-refractivity contribution in [3.8, 4) is 5.88 Å². The molecular weight excluding hydrogens is 623 g/mol. The molecule has 0 radical (unpaired) electrons. The van der Waals surface area contributed by atoms with Crippen LogP contribution in [-0.4, -0.2) is 70.2 Å². The Kier molecular flexibility index (Phi) is 10.3. The molecule has 0 spiro atoms. The van der Waals surface area contributed by atoms with Gasteiger partial charge in [0.25, 0.3) is 0 Å². The maximum absolute atomic E-state index is 13.0. The van der Waals surface area contributed by atoms with Crippen LogP contribution in [0.25, 0.3) is 10.9 Å². The van der Waals surface area contributed by atoms with Gasteiger partial charge in [-0.15, -0.1) is 10.3 Å². The number of allylic oxidation sites excluding steroid dienone is 2. The molecule has 1 aliphatic carbocycles. The molecule has 0 bridgehead atoms. The lowest BCUT2D eigenvalue weighted by Crippen LogP contribution is -2.57. The second kappa shape index (κ2) is 13.6. The minimum Gasteiger partial charge on any atom is -0.481 e. The first-order valence-corrected chi connectivity index (χ1v) is 19.0. The zero-order valence-electron chi connectivity index (χ0n) is 27.6. The molecule has 2 heterocycles. The van der Waals surface area contributed by atoms with E-state index < -0.39 is 21.8 Å². The molecule has 244 valence electrons. The van der Waals surface area contributed by atoms with E-state index in [0.29, 0.717) is 35.4 Å². The van der Waals surface area contributed by atoms with Crippen molar-refractivity contribution in [3.05, 3.63) is 93.5 Å². The van der Waals surface area contributed by atoms with Crippen LogP contribution in [0.4, 0.5) is 0 Å². The average molecular weight is 672 g/mol. The Labute approximate surface area is 281 Å². The van der Waals surface area contributed by atoms with E-state index in [1.165, 1.54) is 5.57 Å². The molecule has 45 heavy (non-hydrogen) atoms. The minimum atomic E-state index is -1.37. The topological polar surface area (TPSA) is 54.8 Å². The quantitative estimate of drug-likeness (QED) is 0.246. The van der Waals surface area contributed by atoms with Gasteiger partial charge in [-0.3, -0.25) is 4.90 Å². The highest BCUT2D eigenvalue weighted by atomic mass is 35.5. The number of fused-ring (bicyclic) bond motifs is 1. The Bertz CT molecular complexity index is 1570. The summed E-state index contributed by atoms with van der Waals surface area (Å²) in [5.41, 5.74) is 2.81. The number of aliphatic hydroxyl groups is 1. The van der Waals surface area contributed by atoms with Crippen LogP contribution in [0, 0.1) is 0 Å². The van der Waals surface area contributed by atoms with Gasteiger partial charge in [0.1, 0.15) is 0 Å². The van der Waals surface area contributed by atoms with E-state index >= 15 is 0 Å². The van der Waals surface area contributed by atoms with E-state index in [9.17, 15) is 5.11 Å². The van der Waals surface area contributed by atoms with E-state index in [2.05, 4.69) is 69.4 Å². The highest BCUT2D eigenvalue weighted by Crippen LogP contribution is 2.54. The maximum atomic E-state index is 13.0. The Balaban J connectivity index is 1.59. The fraction of sp³-hybridized carbons (Fsp3) is 0.486. The van der Waals surface area contributed by atoms with Gasteiger partial charge in [-0.05, 0) is 92.7 Å². The fourth-order valence-electron chi connectivity index (χ4n) is 6.57. The number of rotatable bonds is 9. The van der Waals surface area contributed by atoms with E-state index in [1.54, 1.807) is 7.11 Å². The van der Waals surface area contributed by atoms with E-state index in [1.807, 2.05) is 42.5 Å². The van der Waals surface area contributed by atoms with E-state index in [4.69, 9.17) is 37.1 Å². The van der Waals surface area contributed by atoms with Crippen LogP contribution in [0.5, 0.6) is 5.88 Å². The molecule has 1 fully saturated rings.